The van der Waals surface area contributed by atoms with E-state index in [2.05, 4.69) is 10.6 Å². The predicted molar refractivity (Wildman–Crippen MR) is 70.5 cm³/mol. The minimum absolute atomic E-state index is 0.0199. The number of aryl methyl sites for hydroxylation is 1. The van der Waals surface area contributed by atoms with Crippen molar-refractivity contribution in [1.82, 2.24) is 5.32 Å². The van der Waals surface area contributed by atoms with Gasteiger partial charge in [-0.3, -0.25) is 9.59 Å². The highest BCUT2D eigenvalue weighted by Gasteiger charge is 2.50. The first-order chi connectivity index (χ1) is 9.15. The van der Waals surface area contributed by atoms with Crippen LogP contribution in [0.4, 0.5) is 5.00 Å². The number of anilines is 1. The Balaban J connectivity index is 1.62. The van der Waals surface area contributed by atoms with Gasteiger partial charge < -0.3 is 15.7 Å². The van der Waals surface area contributed by atoms with Crippen LogP contribution >= 0.6 is 11.3 Å². The van der Waals surface area contributed by atoms with Gasteiger partial charge in [0.15, 0.2) is 0 Å². The third-order valence-electron chi connectivity index (χ3n) is 4.31. The number of carboxylic acid groups (broad SMARTS) is 1. The van der Waals surface area contributed by atoms with Gasteiger partial charge in [0, 0.05) is 10.8 Å². The first-order valence-electron chi connectivity index (χ1n) is 6.60. The van der Waals surface area contributed by atoms with Crippen LogP contribution in [0, 0.1) is 11.8 Å². The molecule has 1 amide bonds. The fourth-order valence-corrected chi connectivity index (χ4v) is 4.54. The van der Waals surface area contributed by atoms with Crippen LogP contribution in [0.3, 0.4) is 0 Å². The van der Waals surface area contributed by atoms with Crippen molar-refractivity contribution in [2.75, 3.05) is 5.32 Å². The van der Waals surface area contributed by atoms with Crippen LogP contribution in [0.5, 0.6) is 0 Å². The maximum Gasteiger partial charge on any atom is 0.306 e. The standard InChI is InChI=1S/C13H14N2O3S/c16-11-9-5-2-1-3-8(5)19-12(9)15-10(14-11)6-4-7(6)13(17)18/h6-7,10,15H,1-4H2,(H,14,16)(H,17,18). The lowest BCUT2D eigenvalue weighted by Crippen LogP contribution is -2.46. The highest BCUT2D eigenvalue weighted by atomic mass is 32.1. The van der Waals surface area contributed by atoms with Crippen LogP contribution in [-0.2, 0) is 17.6 Å². The van der Waals surface area contributed by atoms with Gasteiger partial charge in [-0.15, -0.1) is 11.3 Å². The van der Waals surface area contributed by atoms with Gasteiger partial charge in [0.1, 0.15) is 11.2 Å². The summed E-state index contributed by atoms with van der Waals surface area (Å²) in [6.07, 6.45) is 3.61. The zero-order valence-electron chi connectivity index (χ0n) is 10.2. The number of fused-ring (bicyclic) bond motifs is 3. The number of carbonyl (C=O) groups excluding carboxylic acids is 1. The van der Waals surface area contributed by atoms with Gasteiger partial charge in [-0.25, -0.2) is 0 Å². The fraction of sp³-hybridized carbons (Fsp3) is 0.538. The van der Waals surface area contributed by atoms with E-state index in [1.54, 1.807) is 11.3 Å². The zero-order chi connectivity index (χ0) is 13.1. The van der Waals surface area contributed by atoms with E-state index < -0.39 is 5.97 Å². The Morgan fingerprint density at radius 2 is 2.16 bits per heavy atom. The number of nitrogens with one attached hydrogen (secondary N) is 2. The van der Waals surface area contributed by atoms with Crippen LogP contribution in [0.25, 0.3) is 0 Å². The number of amides is 1. The van der Waals surface area contributed by atoms with E-state index in [4.69, 9.17) is 5.11 Å². The van der Waals surface area contributed by atoms with E-state index in [1.807, 2.05) is 0 Å². The molecule has 3 unspecified atom stereocenters. The molecule has 0 saturated heterocycles. The number of hydrogen-bond acceptors (Lipinski definition) is 4. The predicted octanol–water partition coefficient (Wildman–Crippen LogP) is 1.44. The summed E-state index contributed by atoms with van der Waals surface area (Å²) in [5.41, 5.74) is 2.01. The molecule has 1 fully saturated rings. The first kappa shape index (κ1) is 11.3. The molecule has 6 heteroatoms. The lowest BCUT2D eigenvalue weighted by Gasteiger charge is -2.26. The van der Waals surface area contributed by atoms with Crippen LogP contribution in [0.1, 0.15) is 33.6 Å². The van der Waals surface area contributed by atoms with Crippen molar-refractivity contribution in [3.05, 3.63) is 16.0 Å². The molecule has 3 atom stereocenters. The van der Waals surface area contributed by atoms with Crippen LogP contribution in [-0.4, -0.2) is 23.1 Å². The van der Waals surface area contributed by atoms with Gasteiger partial charge in [0.25, 0.3) is 5.91 Å². The Bertz CT molecular complexity index is 595. The molecule has 1 aromatic rings. The smallest absolute Gasteiger partial charge is 0.306 e. The molecule has 0 bridgehead atoms. The summed E-state index contributed by atoms with van der Waals surface area (Å²) >= 11 is 1.67. The van der Waals surface area contributed by atoms with Crippen LogP contribution in [0.2, 0.25) is 0 Å². The molecule has 4 rings (SSSR count). The maximum atomic E-state index is 12.2. The molecule has 100 valence electrons. The van der Waals surface area contributed by atoms with Gasteiger partial charge in [0.2, 0.25) is 0 Å². The number of hydrogen-bond donors (Lipinski definition) is 3. The van der Waals surface area contributed by atoms with Gasteiger partial charge in [0.05, 0.1) is 11.5 Å². The number of thiophene rings is 1. The molecule has 3 aliphatic rings. The molecule has 19 heavy (non-hydrogen) atoms. The lowest BCUT2D eigenvalue weighted by molar-refractivity contribution is -0.138. The first-order valence-corrected chi connectivity index (χ1v) is 7.41. The van der Waals surface area contributed by atoms with E-state index in [0.717, 1.165) is 29.8 Å². The molecule has 1 aromatic heterocycles. The summed E-state index contributed by atoms with van der Waals surface area (Å²) in [6.45, 7) is 0. The summed E-state index contributed by atoms with van der Waals surface area (Å²) in [4.78, 5) is 24.5. The average molecular weight is 278 g/mol. The van der Waals surface area contributed by atoms with Crippen molar-refractivity contribution in [2.45, 2.75) is 31.8 Å². The van der Waals surface area contributed by atoms with E-state index in [0.29, 0.717) is 6.42 Å². The highest BCUT2D eigenvalue weighted by molar-refractivity contribution is 7.16. The summed E-state index contributed by atoms with van der Waals surface area (Å²) in [5, 5.41) is 16.2. The topological polar surface area (TPSA) is 78.4 Å². The summed E-state index contributed by atoms with van der Waals surface area (Å²) in [5.74, 6) is -1.09. The van der Waals surface area contributed by atoms with E-state index in [9.17, 15) is 9.59 Å². The third-order valence-corrected chi connectivity index (χ3v) is 5.53. The van der Waals surface area contributed by atoms with Crippen molar-refractivity contribution in [2.24, 2.45) is 11.8 Å². The molecule has 0 aromatic carbocycles. The Labute approximate surface area is 114 Å². The monoisotopic (exact) mass is 278 g/mol. The van der Waals surface area contributed by atoms with Crippen molar-refractivity contribution in [1.29, 1.82) is 0 Å². The second kappa shape index (κ2) is 3.72. The quantitative estimate of drug-likeness (QED) is 0.765. The number of carbonyl (C=O) groups is 2. The molecule has 0 radical (unpaired) electrons. The van der Waals surface area contributed by atoms with Crippen LogP contribution < -0.4 is 10.6 Å². The van der Waals surface area contributed by atoms with Gasteiger partial charge >= 0.3 is 5.97 Å². The zero-order valence-corrected chi connectivity index (χ0v) is 11.0. The molecule has 2 aliphatic carbocycles. The van der Waals surface area contributed by atoms with Gasteiger partial charge in [-0.1, -0.05) is 0 Å². The minimum atomic E-state index is -0.763. The maximum absolute atomic E-state index is 12.2. The Kier molecular flexibility index (Phi) is 2.21. The van der Waals surface area contributed by atoms with Gasteiger partial charge in [-0.2, -0.15) is 0 Å². The highest BCUT2D eigenvalue weighted by Crippen LogP contribution is 2.46. The molecule has 1 aliphatic heterocycles. The SMILES string of the molecule is O=C1NC(C2CC2C(=O)O)Nc2sc3c(c21)CCC3. The Morgan fingerprint density at radius 1 is 1.32 bits per heavy atom. The molecular formula is C13H14N2O3S. The number of rotatable bonds is 2. The Hall–Kier alpha value is -1.56. The summed E-state index contributed by atoms with van der Waals surface area (Å²) in [7, 11) is 0. The lowest BCUT2D eigenvalue weighted by atomic mass is 10.1. The molecule has 3 N–H and O–H groups in total. The van der Waals surface area contributed by atoms with E-state index >= 15 is 0 Å². The van der Waals surface area contributed by atoms with E-state index in [-0.39, 0.29) is 23.9 Å². The third kappa shape index (κ3) is 1.59. The Morgan fingerprint density at radius 3 is 2.89 bits per heavy atom. The fourth-order valence-electron chi connectivity index (χ4n) is 3.22. The summed E-state index contributed by atoms with van der Waals surface area (Å²) < 4.78 is 0. The minimum Gasteiger partial charge on any atom is -0.481 e. The van der Waals surface area contributed by atoms with Crippen molar-refractivity contribution < 1.29 is 14.7 Å². The summed E-state index contributed by atoms with van der Waals surface area (Å²) in [6, 6.07) is 0. The number of aliphatic carboxylic acids is 1. The van der Waals surface area contributed by atoms with Crippen molar-refractivity contribution in [3.8, 4) is 0 Å². The largest absolute Gasteiger partial charge is 0.481 e. The average Bonchev–Trinajstić information content (AvgIpc) is 2.91. The van der Waals surface area contributed by atoms with Crippen molar-refractivity contribution in [3.63, 3.8) is 0 Å². The van der Waals surface area contributed by atoms with E-state index in [1.165, 1.54) is 10.4 Å². The second-order valence-electron chi connectivity index (χ2n) is 5.50. The molecule has 0 spiro atoms. The number of carboxylic acids is 1. The van der Waals surface area contributed by atoms with Crippen LogP contribution in [0.15, 0.2) is 0 Å². The molecular weight excluding hydrogens is 264 g/mol. The van der Waals surface area contributed by atoms with Gasteiger partial charge in [-0.05, 0) is 31.2 Å². The van der Waals surface area contributed by atoms with Crippen molar-refractivity contribution >= 4 is 28.2 Å². The molecule has 5 nitrogen and oxygen atoms in total. The second-order valence-corrected chi connectivity index (χ2v) is 6.61. The normalized spacial score (nSPS) is 31.2. The molecule has 1 saturated carbocycles. The molecule has 2 heterocycles.